The molecular weight excluding hydrogens is 452 g/mol. The van der Waals surface area contributed by atoms with E-state index in [1.807, 2.05) is 24.3 Å². The Morgan fingerprint density at radius 3 is 2.00 bits per heavy atom. The molecule has 1 N–H and O–H groups in total. The minimum atomic E-state index is -0.117. The van der Waals surface area contributed by atoms with E-state index in [2.05, 4.69) is 58.3 Å². The Hall–Kier alpha value is -4.39. The Morgan fingerprint density at radius 2 is 1.42 bits per heavy atom. The molecule has 4 aromatic rings. The minimum absolute atomic E-state index is 0.117. The molecule has 3 aromatic carbocycles. The molecule has 1 heterocycles. The van der Waals surface area contributed by atoms with Crippen LogP contribution >= 0.6 is 0 Å². The highest BCUT2D eigenvalue weighted by Crippen LogP contribution is 2.23. The van der Waals surface area contributed by atoms with E-state index in [4.69, 9.17) is 9.47 Å². The monoisotopic (exact) mass is 482 g/mol. The molecule has 0 aliphatic carbocycles. The van der Waals surface area contributed by atoms with Gasteiger partial charge in [-0.25, -0.2) is 9.97 Å². The standard InChI is InChI=1S/C29H30N4O3/c1-4-33(5-2)25-12-6-21(7-13-25)18-30-28(34)23-10-8-22(9-11-23)24-19-31-29(32-20-24)36-27-16-14-26(35-3)15-17-27/h6-17,19-20H,4-5,18H2,1-3H3,(H,30,34). The van der Waals surface area contributed by atoms with Gasteiger partial charge in [0.25, 0.3) is 5.91 Å². The van der Waals surface area contributed by atoms with Crippen LogP contribution in [0.15, 0.2) is 85.2 Å². The molecule has 0 fully saturated rings. The maximum absolute atomic E-state index is 12.6. The minimum Gasteiger partial charge on any atom is -0.497 e. The smallest absolute Gasteiger partial charge is 0.321 e. The number of carbonyl (C=O) groups is 1. The summed E-state index contributed by atoms with van der Waals surface area (Å²) in [5, 5.41) is 2.99. The van der Waals surface area contributed by atoms with Gasteiger partial charge in [0.2, 0.25) is 0 Å². The lowest BCUT2D eigenvalue weighted by molar-refractivity contribution is 0.0951. The summed E-state index contributed by atoms with van der Waals surface area (Å²) in [7, 11) is 1.61. The number of anilines is 1. The first-order valence-electron chi connectivity index (χ1n) is 12.0. The predicted molar refractivity (Wildman–Crippen MR) is 142 cm³/mol. The van der Waals surface area contributed by atoms with Gasteiger partial charge < -0.3 is 19.7 Å². The van der Waals surface area contributed by atoms with Gasteiger partial charge in [-0.1, -0.05) is 24.3 Å². The number of hydrogen-bond donors (Lipinski definition) is 1. The van der Waals surface area contributed by atoms with Gasteiger partial charge in [0.1, 0.15) is 11.5 Å². The zero-order valence-electron chi connectivity index (χ0n) is 20.8. The quantitative estimate of drug-likeness (QED) is 0.312. The van der Waals surface area contributed by atoms with E-state index in [0.717, 1.165) is 35.5 Å². The third-order valence-electron chi connectivity index (χ3n) is 5.90. The molecule has 0 atom stereocenters. The first kappa shape index (κ1) is 24.7. The SMILES string of the molecule is CCN(CC)c1ccc(CNC(=O)c2ccc(-c3cnc(Oc4ccc(OC)cc4)nc3)cc2)cc1. The van der Waals surface area contributed by atoms with Crippen LogP contribution in [0.4, 0.5) is 5.69 Å². The van der Waals surface area contributed by atoms with E-state index in [-0.39, 0.29) is 11.9 Å². The van der Waals surface area contributed by atoms with E-state index in [0.29, 0.717) is 17.9 Å². The van der Waals surface area contributed by atoms with E-state index in [9.17, 15) is 4.79 Å². The van der Waals surface area contributed by atoms with Crippen LogP contribution in [0.25, 0.3) is 11.1 Å². The largest absolute Gasteiger partial charge is 0.497 e. The number of nitrogens with zero attached hydrogens (tertiary/aromatic N) is 3. The summed E-state index contributed by atoms with van der Waals surface area (Å²) in [5.41, 5.74) is 4.59. The van der Waals surface area contributed by atoms with E-state index >= 15 is 0 Å². The van der Waals surface area contributed by atoms with E-state index < -0.39 is 0 Å². The summed E-state index contributed by atoms with van der Waals surface area (Å²) >= 11 is 0. The van der Waals surface area contributed by atoms with Crippen molar-refractivity contribution in [3.63, 3.8) is 0 Å². The van der Waals surface area contributed by atoms with Gasteiger partial charge in [0.05, 0.1) is 7.11 Å². The van der Waals surface area contributed by atoms with Gasteiger partial charge in [0.15, 0.2) is 0 Å². The first-order chi connectivity index (χ1) is 17.6. The molecule has 0 aliphatic heterocycles. The number of amides is 1. The Morgan fingerprint density at radius 1 is 0.806 bits per heavy atom. The van der Waals surface area contributed by atoms with E-state index in [1.54, 1.807) is 43.8 Å². The second kappa shape index (κ2) is 11.8. The molecule has 0 saturated heterocycles. The molecule has 0 aliphatic rings. The fraction of sp³-hybridized carbons (Fsp3) is 0.207. The number of hydrogen-bond acceptors (Lipinski definition) is 6. The molecule has 36 heavy (non-hydrogen) atoms. The van der Waals surface area contributed by atoms with Crippen molar-refractivity contribution in [1.82, 2.24) is 15.3 Å². The summed E-state index contributed by atoms with van der Waals surface area (Å²) in [5.74, 6) is 1.26. The van der Waals surface area contributed by atoms with Crippen LogP contribution in [0, 0.1) is 0 Å². The maximum atomic E-state index is 12.6. The highest BCUT2D eigenvalue weighted by atomic mass is 16.5. The van der Waals surface area contributed by atoms with Crippen LogP contribution in [0.2, 0.25) is 0 Å². The van der Waals surface area contributed by atoms with Crippen LogP contribution in [0.1, 0.15) is 29.8 Å². The molecule has 7 nitrogen and oxygen atoms in total. The van der Waals surface area contributed by atoms with Crippen molar-refractivity contribution in [2.75, 3.05) is 25.1 Å². The topological polar surface area (TPSA) is 76.6 Å². The van der Waals surface area contributed by atoms with Gasteiger partial charge in [-0.05, 0) is 73.5 Å². The summed E-state index contributed by atoms with van der Waals surface area (Å²) in [4.78, 5) is 23.5. The molecule has 1 aromatic heterocycles. The summed E-state index contributed by atoms with van der Waals surface area (Å²) in [6.07, 6.45) is 3.39. The molecule has 0 radical (unpaired) electrons. The molecule has 0 unspecified atom stereocenters. The molecule has 0 spiro atoms. The number of methoxy groups -OCH3 is 1. The zero-order valence-corrected chi connectivity index (χ0v) is 20.8. The molecule has 184 valence electrons. The summed E-state index contributed by atoms with van der Waals surface area (Å²) < 4.78 is 10.8. The van der Waals surface area contributed by atoms with Crippen LogP contribution in [0.5, 0.6) is 17.5 Å². The van der Waals surface area contributed by atoms with Crippen molar-refractivity contribution in [1.29, 1.82) is 0 Å². The van der Waals surface area contributed by atoms with Crippen molar-refractivity contribution in [2.24, 2.45) is 0 Å². The van der Waals surface area contributed by atoms with Gasteiger partial charge in [-0.15, -0.1) is 0 Å². The highest BCUT2D eigenvalue weighted by molar-refractivity contribution is 5.94. The van der Waals surface area contributed by atoms with Gasteiger partial charge in [0, 0.05) is 48.8 Å². The number of rotatable bonds is 10. The number of carbonyl (C=O) groups excluding carboxylic acids is 1. The van der Waals surface area contributed by atoms with Crippen LogP contribution in [-0.2, 0) is 6.54 Å². The van der Waals surface area contributed by atoms with Crippen molar-refractivity contribution >= 4 is 11.6 Å². The van der Waals surface area contributed by atoms with Crippen molar-refractivity contribution in [3.05, 3.63) is 96.3 Å². The number of aromatic nitrogens is 2. The van der Waals surface area contributed by atoms with Crippen LogP contribution in [-0.4, -0.2) is 36.1 Å². The Labute approximate surface area is 211 Å². The average Bonchev–Trinajstić information content (AvgIpc) is 2.94. The number of ether oxygens (including phenoxy) is 2. The van der Waals surface area contributed by atoms with Crippen LogP contribution in [0.3, 0.4) is 0 Å². The lowest BCUT2D eigenvalue weighted by atomic mass is 10.1. The Kier molecular flexibility index (Phi) is 8.13. The normalized spacial score (nSPS) is 10.5. The first-order valence-corrected chi connectivity index (χ1v) is 12.0. The van der Waals surface area contributed by atoms with E-state index in [1.165, 1.54) is 5.69 Å². The third kappa shape index (κ3) is 6.18. The molecular formula is C29H30N4O3. The predicted octanol–water partition coefficient (Wildman–Crippen LogP) is 5.72. The fourth-order valence-electron chi connectivity index (χ4n) is 3.78. The summed E-state index contributed by atoms with van der Waals surface area (Å²) in [6.45, 7) is 6.70. The maximum Gasteiger partial charge on any atom is 0.321 e. The highest BCUT2D eigenvalue weighted by Gasteiger charge is 2.08. The van der Waals surface area contributed by atoms with Crippen molar-refractivity contribution in [3.8, 4) is 28.6 Å². The Balaban J connectivity index is 1.32. The second-order valence-electron chi connectivity index (χ2n) is 8.13. The number of nitrogens with one attached hydrogen (secondary N) is 1. The zero-order chi connectivity index (χ0) is 25.3. The van der Waals surface area contributed by atoms with Crippen molar-refractivity contribution in [2.45, 2.75) is 20.4 Å². The molecule has 1 amide bonds. The average molecular weight is 483 g/mol. The molecule has 7 heteroatoms. The van der Waals surface area contributed by atoms with Crippen molar-refractivity contribution < 1.29 is 14.3 Å². The van der Waals surface area contributed by atoms with Gasteiger partial charge >= 0.3 is 6.01 Å². The van der Waals surface area contributed by atoms with Gasteiger partial charge in [-0.2, -0.15) is 0 Å². The third-order valence-corrected chi connectivity index (χ3v) is 5.90. The number of benzene rings is 3. The van der Waals surface area contributed by atoms with Crippen LogP contribution < -0.4 is 19.7 Å². The second-order valence-corrected chi connectivity index (χ2v) is 8.13. The molecule has 0 bridgehead atoms. The molecule has 4 rings (SSSR count). The molecule has 0 saturated carbocycles. The lowest BCUT2D eigenvalue weighted by Crippen LogP contribution is -2.23. The summed E-state index contributed by atoms with van der Waals surface area (Å²) in [6, 6.07) is 23.1. The Bertz CT molecular complexity index is 1250. The lowest BCUT2D eigenvalue weighted by Gasteiger charge is -2.21. The van der Waals surface area contributed by atoms with Gasteiger partial charge in [-0.3, -0.25) is 4.79 Å². The fourth-order valence-corrected chi connectivity index (χ4v) is 3.78.